The second kappa shape index (κ2) is 5.14. The number of pyridine rings is 1. The van der Waals surface area contributed by atoms with E-state index in [1.165, 1.54) is 30.5 Å². The van der Waals surface area contributed by atoms with Gasteiger partial charge in [-0.2, -0.15) is 5.26 Å². The maximum Gasteiger partial charge on any atom is 0.335 e. The van der Waals surface area contributed by atoms with E-state index in [9.17, 15) is 9.18 Å². The van der Waals surface area contributed by atoms with Gasteiger partial charge in [-0.25, -0.2) is 14.2 Å². The summed E-state index contributed by atoms with van der Waals surface area (Å²) in [5, 5.41) is 17.4. The molecule has 0 radical (unpaired) electrons. The van der Waals surface area contributed by atoms with Crippen molar-refractivity contribution in [1.82, 2.24) is 4.98 Å². The number of hydrogen-bond acceptors (Lipinski definition) is 4. The van der Waals surface area contributed by atoms with Crippen molar-refractivity contribution >= 4 is 5.97 Å². The lowest BCUT2D eigenvalue weighted by atomic mass is 10.2. The van der Waals surface area contributed by atoms with Gasteiger partial charge in [0.2, 0.25) is 5.88 Å². The summed E-state index contributed by atoms with van der Waals surface area (Å²) < 4.78 is 18.6. The highest BCUT2D eigenvalue weighted by molar-refractivity contribution is 5.87. The Morgan fingerprint density at radius 3 is 2.79 bits per heavy atom. The lowest BCUT2D eigenvalue weighted by Crippen LogP contribution is -1.98. The molecule has 1 aromatic heterocycles. The molecular formula is C13H7FN2O3. The van der Waals surface area contributed by atoms with E-state index in [2.05, 4.69) is 4.98 Å². The van der Waals surface area contributed by atoms with Crippen LogP contribution in [-0.2, 0) is 0 Å². The number of aromatic carboxylic acids is 1. The topological polar surface area (TPSA) is 83.2 Å². The van der Waals surface area contributed by atoms with Crippen molar-refractivity contribution in [2.75, 3.05) is 0 Å². The minimum absolute atomic E-state index is 0.0131. The van der Waals surface area contributed by atoms with E-state index in [-0.39, 0.29) is 22.8 Å². The number of benzene rings is 1. The first-order valence-electron chi connectivity index (χ1n) is 5.17. The molecule has 0 spiro atoms. The number of aromatic nitrogens is 1. The highest BCUT2D eigenvalue weighted by Gasteiger charge is 2.08. The number of ether oxygens (including phenoxy) is 1. The Bertz CT molecular complexity index is 680. The lowest BCUT2D eigenvalue weighted by molar-refractivity contribution is 0.0696. The Labute approximate surface area is 107 Å². The van der Waals surface area contributed by atoms with Gasteiger partial charge in [0.25, 0.3) is 0 Å². The van der Waals surface area contributed by atoms with Crippen LogP contribution in [0.3, 0.4) is 0 Å². The number of rotatable bonds is 3. The molecule has 0 aliphatic heterocycles. The third-order valence-electron chi connectivity index (χ3n) is 2.27. The van der Waals surface area contributed by atoms with E-state index in [0.29, 0.717) is 0 Å². The summed E-state index contributed by atoms with van der Waals surface area (Å²) in [6.07, 6.45) is 1.28. The number of nitrogens with zero attached hydrogens (tertiary/aromatic N) is 2. The Morgan fingerprint density at radius 2 is 2.16 bits per heavy atom. The number of nitriles is 1. The molecule has 0 aliphatic carbocycles. The Balaban J connectivity index is 2.26. The number of carboxylic acids is 1. The first-order chi connectivity index (χ1) is 9.10. The van der Waals surface area contributed by atoms with Gasteiger partial charge in [0.15, 0.2) is 0 Å². The molecule has 2 rings (SSSR count). The zero-order chi connectivity index (χ0) is 13.8. The van der Waals surface area contributed by atoms with Crippen molar-refractivity contribution in [2.24, 2.45) is 0 Å². The first kappa shape index (κ1) is 12.5. The molecule has 2 aromatic rings. The molecular weight excluding hydrogens is 251 g/mol. The van der Waals surface area contributed by atoms with Crippen LogP contribution >= 0.6 is 0 Å². The maximum atomic E-state index is 13.3. The van der Waals surface area contributed by atoms with Crippen LogP contribution in [0.5, 0.6) is 11.6 Å². The van der Waals surface area contributed by atoms with Crippen molar-refractivity contribution in [3.63, 3.8) is 0 Å². The van der Waals surface area contributed by atoms with E-state index in [4.69, 9.17) is 15.1 Å². The van der Waals surface area contributed by atoms with Gasteiger partial charge in [-0.1, -0.05) is 0 Å². The number of carboxylic acid groups (broad SMARTS) is 1. The van der Waals surface area contributed by atoms with Crippen LogP contribution in [-0.4, -0.2) is 16.1 Å². The summed E-state index contributed by atoms with van der Waals surface area (Å²) in [6, 6.07) is 7.93. The number of carbonyl (C=O) groups is 1. The summed E-state index contributed by atoms with van der Waals surface area (Å²) in [6.45, 7) is 0. The fourth-order valence-electron chi connectivity index (χ4n) is 1.37. The fraction of sp³-hybridized carbons (Fsp3) is 0. The number of hydrogen-bond donors (Lipinski definition) is 1. The number of halogens is 1. The average molecular weight is 258 g/mol. The van der Waals surface area contributed by atoms with Crippen LogP contribution in [0.15, 0.2) is 36.5 Å². The van der Waals surface area contributed by atoms with E-state index in [1.807, 2.05) is 0 Å². The zero-order valence-electron chi connectivity index (χ0n) is 9.50. The largest absolute Gasteiger partial charge is 0.478 e. The molecule has 0 amide bonds. The molecule has 0 fully saturated rings. The molecule has 1 heterocycles. The molecule has 0 bridgehead atoms. The van der Waals surface area contributed by atoms with Gasteiger partial charge >= 0.3 is 5.97 Å². The molecule has 0 unspecified atom stereocenters. The summed E-state index contributed by atoms with van der Waals surface area (Å²) in [5.41, 5.74) is -0.0845. The molecule has 0 atom stereocenters. The van der Waals surface area contributed by atoms with Crippen LogP contribution in [0.1, 0.15) is 15.9 Å². The monoisotopic (exact) mass is 258 g/mol. The van der Waals surface area contributed by atoms with Crippen molar-refractivity contribution in [1.29, 1.82) is 5.26 Å². The smallest absolute Gasteiger partial charge is 0.335 e. The van der Waals surface area contributed by atoms with Crippen molar-refractivity contribution in [3.8, 4) is 17.7 Å². The van der Waals surface area contributed by atoms with Crippen LogP contribution in [0.4, 0.5) is 4.39 Å². The molecule has 94 valence electrons. The van der Waals surface area contributed by atoms with E-state index in [0.717, 1.165) is 6.07 Å². The molecule has 0 saturated heterocycles. The normalized spacial score (nSPS) is 9.68. The SMILES string of the molecule is N#Cc1ccc(Oc2cc(C(=O)O)ccn2)cc1F. The standard InChI is InChI=1S/C13H7FN2O3/c14-11-6-10(2-1-9(11)7-15)19-12-5-8(13(17)18)3-4-16-12/h1-6H,(H,17,18). The molecule has 6 heteroatoms. The van der Waals surface area contributed by atoms with Gasteiger partial charge < -0.3 is 9.84 Å². The molecule has 0 aliphatic rings. The van der Waals surface area contributed by atoms with Crippen LogP contribution in [0, 0.1) is 17.1 Å². The summed E-state index contributed by atoms with van der Waals surface area (Å²) in [7, 11) is 0. The molecule has 5 nitrogen and oxygen atoms in total. The summed E-state index contributed by atoms with van der Waals surface area (Å²) >= 11 is 0. The van der Waals surface area contributed by atoms with Gasteiger partial charge in [-0.15, -0.1) is 0 Å². The fourth-order valence-corrected chi connectivity index (χ4v) is 1.37. The van der Waals surface area contributed by atoms with Gasteiger partial charge in [-0.05, 0) is 18.2 Å². The zero-order valence-corrected chi connectivity index (χ0v) is 9.50. The minimum atomic E-state index is -1.11. The second-order valence-corrected chi connectivity index (χ2v) is 3.54. The molecule has 19 heavy (non-hydrogen) atoms. The first-order valence-corrected chi connectivity index (χ1v) is 5.17. The van der Waals surface area contributed by atoms with Crippen molar-refractivity contribution in [2.45, 2.75) is 0 Å². The third-order valence-corrected chi connectivity index (χ3v) is 2.27. The third kappa shape index (κ3) is 2.84. The highest BCUT2D eigenvalue weighted by atomic mass is 19.1. The molecule has 1 aromatic carbocycles. The quantitative estimate of drug-likeness (QED) is 0.914. The molecule has 1 N–H and O–H groups in total. The van der Waals surface area contributed by atoms with Gasteiger partial charge in [0.05, 0.1) is 11.1 Å². The van der Waals surface area contributed by atoms with E-state index in [1.54, 1.807) is 6.07 Å². The Morgan fingerprint density at radius 1 is 1.37 bits per heavy atom. The lowest BCUT2D eigenvalue weighted by Gasteiger charge is -2.05. The van der Waals surface area contributed by atoms with Crippen molar-refractivity contribution < 1.29 is 19.0 Å². The second-order valence-electron chi connectivity index (χ2n) is 3.54. The average Bonchev–Trinajstić information content (AvgIpc) is 2.39. The predicted octanol–water partition coefficient (Wildman–Crippen LogP) is 2.58. The Kier molecular flexibility index (Phi) is 3.39. The summed E-state index contributed by atoms with van der Waals surface area (Å²) in [4.78, 5) is 14.6. The van der Waals surface area contributed by atoms with E-state index < -0.39 is 11.8 Å². The van der Waals surface area contributed by atoms with Crippen LogP contribution in [0.2, 0.25) is 0 Å². The van der Waals surface area contributed by atoms with Crippen LogP contribution < -0.4 is 4.74 Å². The highest BCUT2D eigenvalue weighted by Crippen LogP contribution is 2.22. The van der Waals surface area contributed by atoms with Gasteiger partial charge in [0, 0.05) is 18.3 Å². The van der Waals surface area contributed by atoms with E-state index >= 15 is 0 Å². The maximum absolute atomic E-state index is 13.3. The van der Waals surface area contributed by atoms with Crippen molar-refractivity contribution in [3.05, 3.63) is 53.5 Å². The van der Waals surface area contributed by atoms with Crippen LogP contribution in [0.25, 0.3) is 0 Å². The summed E-state index contributed by atoms with van der Waals surface area (Å²) in [5.74, 6) is -1.66. The minimum Gasteiger partial charge on any atom is -0.478 e. The predicted molar refractivity (Wildman–Crippen MR) is 62.4 cm³/mol. The Hall–Kier alpha value is -2.94. The molecule has 0 saturated carbocycles. The van der Waals surface area contributed by atoms with Gasteiger partial charge in [-0.3, -0.25) is 0 Å². The van der Waals surface area contributed by atoms with Gasteiger partial charge in [0.1, 0.15) is 17.6 Å².